The summed E-state index contributed by atoms with van der Waals surface area (Å²) < 4.78 is 10.9. The number of ether oxygens (including phenoxy) is 2. The second-order valence-corrected chi connectivity index (χ2v) is 5.60. The van der Waals surface area contributed by atoms with Gasteiger partial charge in [-0.2, -0.15) is 0 Å². The topological polar surface area (TPSA) is 76.7 Å². The van der Waals surface area contributed by atoms with Gasteiger partial charge in [-0.25, -0.2) is 0 Å². The molecule has 2 aromatic rings. The molecule has 1 atom stereocenters. The fourth-order valence-electron chi connectivity index (χ4n) is 2.03. The first-order valence-corrected chi connectivity index (χ1v) is 7.97. The lowest BCUT2D eigenvalue weighted by Gasteiger charge is -2.17. The third kappa shape index (κ3) is 5.53. The lowest BCUT2D eigenvalue weighted by Crippen LogP contribution is -2.48. The summed E-state index contributed by atoms with van der Waals surface area (Å²) in [7, 11) is 0. The molecule has 6 nitrogen and oxygen atoms in total. The summed E-state index contributed by atoms with van der Waals surface area (Å²) in [5.74, 6) is 0.307. The van der Waals surface area contributed by atoms with Gasteiger partial charge in [0.1, 0.15) is 11.5 Å². The quantitative estimate of drug-likeness (QED) is 0.790. The molecule has 2 amide bonds. The van der Waals surface area contributed by atoms with E-state index < -0.39 is 17.9 Å². The number of nitrogens with one attached hydrogen (secondary N) is 2. The second-order valence-electron chi connectivity index (χ2n) is 5.60. The van der Waals surface area contributed by atoms with E-state index in [9.17, 15) is 9.59 Å². The molecule has 25 heavy (non-hydrogen) atoms. The molecule has 0 saturated carbocycles. The van der Waals surface area contributed by atoms with Crippen LogP contribution >= 0.6 is 0 Å². The summed E-state index contributed by atoms with van der Waals surface area (Å²) in [5.41, 5.74) is 6.69. The van der Waals surface area contributed by atoms with Crippen LogP contribution in [0.5, 0.6) is 11.5 Å². The highest BCUT2D eigenvalue weighted by molar-refractivity contribution is 5.85. The fourth-order valence-corrected chi connectivity index (χ4v) is 2.03. The van der Waals surface area contributed by atoms with Gasteiger partial charge in [0.2, 0.25) is 0 Å². The molecule has 2 aromatic carbocycles. The minimum absolute atomic E-state index is 0.198. The Morgan fingerprint density at radius 3 is 2.44 bits per heavy atom. The average molecular weight is 342 g/mol. The zero-order valence-corrected chi connectivity index (χ0v) is 14.5. The first-order valence-electron chi connectivity index (χ1n) is 7.97. The molecule has 0 aliphatic carbocycles. The van der Waals surface area contributed by atoms with Gasteiger partial charge >= 0.3 is 0 Å². The van der Waals surface area contributed by atoms with Crippen molar-refractivity contribution in [2.24, 2.45) is 0 Å². The van der Waals surface area contributed by atoms with Crippen LogP contribution in [0.25, 0.3) is 0 Å². The highest BCUT2D eigenvalue weighted by Crippen LogP contribution is 2.21. The molecule has 0 aromatic heterocycles. The summed E-state index contributed by atoms with van der Waals surface area (Å²) in [6.45, 7) is 5.32. The molecule has 132 valence electrons. The predicted octanol–water partition coefficient (Wildman–Crippen LogP) is 2.30. The molecular formula is C19H22N2O4. The number of hydrogen-bond acceptors (Lipinski definition) is 4. The van der Waals surface area contributed by atoms with Crippen LogP contribution in [0.15, 0.2) is 48.5 Å². The number of carbonyl (C=O) groups excluding carboxylic acids is 2. The number of benzene rings is 2. The van der Waals surface area contributed by atoms with Gasteiger partial charge in [0.15, 0.2) is 12.7 Å². The number of hydrazine groups is 1. The molecule has 0 fully saturated rings. The number of rotatable bonds is 6. The number of amides is 2. The third-order valence-corrected chi connectivity index (χ3v) is 3.67. The molecule has 0 aliphatic rings. The number of para-hydroxylation sites is 1. The van der Waals surface area contributed by atoms with E-state index in [2.05, 4.69) is 10.9 Å². The first kappa shape index (κ1) is 18.3. The van der Waals surface area contributed by atoms with Crippen LogP contribution in [0.2, 0.25) is 0 Å². The maximum atomic E-state index is 12.0. The van der Waals surface area contributed by atoms with E-state index in [1.165, 1.54) is 0 Å². The van der Waals surface area contributed by atoms with Crippen molar-refractivity contribution >= 4 is 11.8 Å². The Kier molecular flexibility index (Phi) is 6.39. The highest BCUT2D eigenvalue weighted by Gasteiger charge is 2.16. The highest BCUT2D eigenvalue weighted by atomic mass is 16.5. The molecule has 0 spiro atoms. The van der Waals surface area contributed by atoms with Crippen LogP contribution in [0.4, 0.5) is 0 Å². The lowest BCUT2D eigenvalue weighted by atomic mass is 10.1. The van der Waals surface area contributed by atoms with E-state index in [1.807, 2.05) is 32.0 Å². The van der Waals surface area contributed by atoms with E-state index >= 15 is 0 Å². The molecule has 0 aliphatic heterocycles. The summed E-state index contributed by atoms with van der Waals surface area (Å²) >= 11 is 0. The van der Waals surface area contributed by atoms with Gasteiger partial charge in [-0.05, 0) is 50.1 Å². The minimum atomic E-state index is -0.754. The van der Waals surface area contributed by atoms with E-state index in [0.29, 0.717) is 11.5 Å². The lowest BCUT2D eigenvalue weighted by molar-refractivity contribution is -0.133. The van der Waals surface area contributed by atoms with Crippen molar-refractivity contribution in [3.05, 3.63) is 59.7 Å². The van der Waals surface area contributed by atoms with Gasteiger partial charge in [-0.15, -0.1) is 0 Å². The number of aryl methyl sites for hydroxylation is 1. The van der Waals surface area contributed by atoms with Crippen LogP contribution in [0.3, 0.4) is 0 Å². The SMILES string of the molecule is Cc1cccc(O[C@@H](C)C(=O)NNC(=O)COc2ccccc2)c1C. The first-order chi connectivity index (χ1) is 12.0. The summed E-state index contributed by atoms with van der Waals surface area (Å²) in [6, 6.07) is 14.6. The van der Waals surface area contributed by atoms with Crippen LogP contribution in [0, 0.1) is 13.8 Å². The maximum absolute atomic E-state index is 12.0. The molecule has 0 heterocycles. The van der Waals surface area contributed by atoms with Crippen molar-refractivity contribution in [3.63, 3.8) is 0 Å². The van der Waals surface area contributed by atoms with E-state index in [4.69, 9.17) is 9.47 Å². The van der Waals surface area contributed by atoms with E-state index in [1.54, 1.807) is 37.3 Å². The zero-order valence-electron chi connectivity index (χ0n) is 14.5. The maximum Gasteiger partial charge on any atom is 0.279 e. The van der Waals surface area contributed by atoms with Crippen LogP contribution < -0.4 is 20.3 Å². The third-order valence-electron chi connectivity index (χ3n) is 3.67. The molecule has 0 unspecified atom stereocenters. The summed E-state index contributed by atoms with van der Waals surface area (Å²) in [5, 5.41) is 0. The Balaban J connectivity index is 1.77. The molecule has 2 rings (SSSR count). The molecule has 0 saturated heterocycles. The van der Waals surface area contributed by atoms with Crippen molar-refractivity contribution in [2.45, 2.75) is 26.9 Å². The van der Waals surface area contributed by atoms with Crippen LogP contribution in [-0.4, -0.2) is 24.5 Å². The molecule has 0 bridgehead atoms. The normalized spacial score (nSPS) is 11.3. The van der Waals surface area contributed by atoms with E-state index in [0.717, 1.165) is 11.1 Å². The Labute approximate surface area is 147 Å². The van der Waals surface area contributed by atoms with Gasteiger partial charge in [0, 0.05) is 0 Å². The number of carbonyl (C=O) groups is 2. The van der Waals surface area contributed by atoms with Crippen molar-refractivity contribution in [1.82, 2.24) is 10.9 Å². The Bertz CT molecular complexity index is 731. The van der Waals surface area contributed by atoms with Gasteiger partial charge in [0.05, 0.1) is 0 Å². The van der Waals surface area contributed by atoms with E-state index in [-0.39, 0.29) is 6.61 Å². The fraction of sp³-hybridized carbons (Fsp3) is 0.263. The largest absolute Gasteiger partial charge is 0.484 e. The van der Waals surface area contributed by atoms with Gasteiger partial charge in [-0.3, -0.25) is 20.4 Å². The molecule has 2 N–H and O–H groups in total. The van der Waals surface area contributed by atoms with Gasteiger partial charge in [0.25, 0.3) is 11.8 Å². The average Bonchev–Trinajstić information content (AvgIpc) is 2.62. The van der Waals surface area contributed by atoms with Crippen molar-refractivity contribution < 1.29 is 19.1 Å². The van der Waals surface area contributed by atoms with Crippen molar-refractivity contribution in [2.75, 3.05) is 6.61 Å². The van der Waals surface area contributed by atoms with Crippen molar-refractivity contribution in [1.29, 1.82) is 0 Å². The molecular weight excluding hydrogens is 320 g/mol. The minimum Gasteiger partial charge on any atom is -0.484 e. The smallest absolute Gasteiger partial charge is 0.279 e. The van der Waals surface area contributed by atoms with Gasteiger partial charge < -0.3 is 9.47 Å². The van der Waals surface area contributed by atoms with Crippen LogP contribution in [-0.2, 0) is 9.59 Å². The zero-order chi connectivity index (χ0) is 18.2. The Morgan fingerprint density at radius 2 is 1.72 bits per heavy atom. The Hall–Kier alpha value is -3.02. The number of hydrogen-bond donors (Lipinski definition) is 2. The standard InChI is InChI=1S/C19H22N2O4/c1-13-8-7-11-17(14(13)2)25-15(3)19(23)21-20-18(22)12-24-16-9-5-4-6-10-16/h4-11,15H,12H2,1-3H3,(H,20,22)(H,21,23)/t15-/m0/s1. The summed E-state index contributed by atoms with van der Waals surface area (Å²) in [4.78, 5) is 23.7. The molecule has 0 radical (unpaired) electrons. The van der Waals surface area contributed by atoms with Crippen molar-refractivity contribution in [3.8, 4) is 11.5 Å². The Morgan fingerprint density at radius 1 is 1.00 bits per heavy atom. The predicted molar refractivity (Wildman–Crippen MR) is 94.2 cm³/mol. The van der Waals surface area contributed by atoms with Gasteiger partial charge in [-0.1, -0.05) is 30.3 Å². The monoisotopic (exact) mass is 342 g/mol. The summed E-state index contributed by atoms with van der Waals surface area (Å²) in [6.07, 6.45) is -0.754. The second kappa shape index (κ2) is 8.73. The molecule has 6 heteroatoms. The van der Waals surface area contributed by atoms with Crippen LogP contribution in [0.1, 0.15) is 18.1 Å².